The molecule has 3 nitrogen and oxygen atoms in total. The molecular formula is C24H34ClNO2. The number of benzene rings is 2. The lowest BCUT2D eigenvalue weighted by molar-refractivity contribution is 0.283. The van der Waals surface area contributed by atoms with Gasteiger partial charge >= 0.3 is 0 Å². The molecule has 0 radical (unpaired) electrons. The zero-order chi connectivity index (χ0) is 18.9. The van der Waals surface area contributed by atoms with Crippen molar-refractivity contribution in [2.45, 2.75) is 71.1 Å². The van der Waals surface area contributed by atoms with Gasteiger partial charge in [0.05, 0.1) is 7.11 Å². The summed E-state index contributed by atoms with van der Waals surface area (Å²) in [6.07, 6.45) is 9.49. The number of halogens is 1. The van der Waals surface area contributed by atoms with E-state index in [1.807, 2.05) is 12.1 Å². The maximum absolute atomic E-state index is 6.03. The van der Waals surface area contributed by atoms with Crippen molar-refractivity contribution >= 4 is 12.4 Å². The Hall–Kier alpha value is -1.71. The van der Waals surface area contributed by atoms with E-state index in [0.717, 1.165) is 18.0 Å². The van der Waals surface area contributed by atoms with Crippen molar-refractivity contribution in [1.82, 2.24) is 5.32 Å². The number of aryl methyl sites for hydroxylation is 1. The molecule has 0 aliphatic heterocycles. The number of nitrogens with one attached hydrogen (secondary N) is 1. The van der Waals surface area contributed by atoms with Gasteiger partial charge in [-0.3, -0.25) is 0 Å². The van der Waals surface area contributed by atoms with Crippen LogP contribution in [-0.2, 0) is 13.2 Å². The summed E-state index contributed by atoms with van der Waals surface area (Å²) in [7, 11) is 1.71. The highest BCUT2D eigenvalue weighted by Crippen LogP contribution is 2.29. The first-order chi connectivity index (χ1) is 13.3. The van der Waals surface area contributed by atoms with E-state index in [4.69, 9.17) is 9.47 Å². The lowest BCUT2D eigenvalue weighted by Crippen LogP contribution is -2.29. The summed E-state index contributed by atoms with van der Waals surface area (Å²) in [5, 5.41) is 3.75. The topological polar surface area (TPSA) is 30.5 Å². The Kier molecular flexibility index (Phi) is 9.66. The molecule has 0 amide bonds. The molecule has 3 rings (SSSR count). The number of hydrogen-bond donors (Lipinski definition) is 1. The van der Waals surface area contributed by atoms with Crippen LogP contribution in [0, 0.1) is 6.92 Å². The summed E-state index contributed by atoms with van der Waals surface area (Å²) < 4.78 is 11.6. The molecule has 1 N–H and O–H groups in total. The van der Waals surface area contributed by atoms with Crippen LogP contribution in [-0.4, -0.2) is 13.2 Å². The fourth-order valence-corrected chi connectivity index (χ4v) is 3.79. The summed E-state index contributed by atoms with van der Waals surface area (Å²) in [5.41, 5.74) is 3.70. The average molecular weight is 404 g/mol. The van der Waals surface area contributed by atoms with Gasteiger partial charge in [0, 0.05) is 12.6 Å². The molecule has 0 bridgehead atoms. The average Bonchev–Trinajstić information content (AvgIpc) is 2.67. The van der Waals surface area contributed by atoms with Crippen LogP contribution in [0.2, 0.25) is 0 Å². The van der Waals surface area contributed by atoms with Gasteiger partial charge in [-0.2, -0.15) is 0 Å². The van der Waals surface area contributed by atoms with E-state index in [1.165, 1.54) is 61.6 Å². The van der Waals surface area contributed by atoms with Crippen molar-refractivity contribution in [3.63, 3.8) is 0 Å². The lowest BCUT2D eigenvalue weighted by Gasteiger charge is -2.21. The Morgan fingerprint density at radius 2 is 1.64 bits per heavy atom. The second kappa shape index (κ2) is 12.0. The number of hydrogen-bond acceptors (Lipinski definition) is 3. The summed E-state index contributed by atoms with van der Waals surface area (Å²) in [4.78, 5) is 0. The van der Waals surface area contributed by atoms with Gasteiger partial charge in [0.2, 0.25) is 0 Å². The third kappa shape index (κ3) is 6.72. The van der Waals surface area contributed by atoms with E-state index < -0.39 is 0 Å². The minimum absolute atomic E-state index is 0. The van der Waals surface area contributed by atoms with Crippen molar-refractivity contribution in [3.8, 4) is 11.5 Å². The molecule has 0 atom stereocenters. The predicted molar refractivity (Wildman–Crippen MR) is 119 cm³/mol. The van der Waals surface area contributed by atoms with Crippen molar-refractivity contribution < 1.29 is 9.47 Å². The third-order valence-corrected chi connectivity index (χ3v) is 5.57. The maximum Gasteiger partial charge on any atom is 0.161 e. The summed E-state index contributed by atoms with van der Waals surface area (Å²) in [5.74, 6) is 1.61. The summed E-state index contributed by atoms with van der Waals surface area (Å²) in [6, 6.07) is 15.2. The molecule has 0 heterocycles. The van der Waals surface area contributed by atoms with Crippen LogP contribution in [0.4, 0.5) is 0 Å². The van der Waals surface area contributed by atoms with Crippen LogP contribution in [0.15, 0.2) is 42.5 Å². The minimum atomic E-state index is 0. The zero-order valence-electron chi connectivity index (χ0n) is 17.2. The molecule has 1 aliphatic carbocycles. The second-order valence-corrected chi connectivity index (χ2v) is 7.62. The van der Waals surface area contributed by atoms with Gasteiger partial charge in [0.25, 0.3) is 0 Å². The Morgan fingerprint density at radius 1 is 0.929 bits per heavy atom. The minimum Gasteiger partial charge on any atom is -0.493 e. The van der Waals surface area contributed by atoms with Gasteiger partial charge in [-0.05, 0) is 48.6 Å². The smallest absolute Gasteiger partial charge is 0.161 e. The fourth-order valence-electron chi connectivity index (χ4n) is 3.79. The Labute approximate surface area is 176 Å². The normalized spacial score (nSPS) is 15.2. The second-order valence-electron chi connectivity index (χ2n) is 7.62. The largest absolute Gasteiger partial charge is 0.493 e. The Balaban J connectivity index is 0.00000280. The number of methoxy groups -OCH3 is 1. The van der Waals surface area contributed by atoms with Gasteiger partial charge in [-0.1, -0.05) is 62.4 Å². The summed E-state index contributed by atoms with van der Waals surface area (Å²) >= 11 is 0. The first kappa shape index (κ1) is 22.6. The van der Waals surface area contributed by atoms with Crippen molar-refractivity contribution in [2.75, 3.05) is 7.11 Å². The number of ether oxygens (including phenoxy) is 2. The summed E-state index contributed by atoms with van der Waals surface area (Å²) in [6.45, 7) is 3.56. The molecule has 0 unspecified atom stereocenters. The molecule has 0 saturated heterocycles. The predicted octanol–water partition coefficient (Wildman–Crippen LogP) is 6.21. The molecule has 0 spiro atoms. The van der Waals surface area contributed by atoms with Gasteiger partial charge < -0.3 is 14.8 Å². The van der Waals surface area contributed by atoms with Crippen LogP contribution in [0.25, 0.3) is 0 Å². The van der Waals surface area contributed by atoms with Crippen LogP contribution < -0.4 is 14.8 Å². The van der Waals surface area contributed by atoms with E-state index in [0.29, 0.717) is 12.6 Å². The van der Waals surface area contributed by atoms with E-state index >= 15 is 0 Å². The van der Waals surface area contributed by atoms with Crippen molar-refractivity contribution in [1.29, 1.82) is 0 Å². The highest BCUT2D eigenvalue weighted by molar-refractivity contribution is 5.85. The van der Waals surface area contributed by atoms with Gasteiger partial charge in [-0.15, -0.1) is 12.4 Å². The van der Waals surface area contributed by atoms with E-state index in [9.17, 15) is 0 Å². The molecule has 1 fully saturated rings. The highest BCUT2D eigenvalue weighted by Gasteiger charge is 2.12. The molecule has 1 saturated carbocycles. The maximum atomic E-state index is 6.03. The van der Waals surface area contributed by atoms with Crippen LogP contribution in [0.5, 0.6) is 11.5 Å². The van der Waals surface area contributed by atoms with E-state index in [2.05, 4.69) is 42.6 Å². The molecule has 0 aromatic heterocycles. The van der Waals surface area contributed by atoms with E-state index in [-0.39, 0.29) is 12.4 Å². The molecule has 28 heavy (non-hydrogen) atoms. The standard InChI is InChI=1S/C24H33NO2.ClH/c1-19-10-8-9-11-21(19)18-27-23-15-14-20(16-24(23)26-2)17-25-22-12-6-4-3-5-7-13-22;/h8-11,14-16,22,25H,3-7,12-13,17-18H2,1-2H3;1H. The van der Waals surface area contributed by atoms with Gasteiger partial charge in [0.1, 0.15) is 6.61 Å². The van der Waals surface area contributed by atoms with Crippen LogP contribution >= 0.6 is 12.4 Å². The molecular weight excluding hydrogens is 370 g/mol. The lowest BCUT2D eigenvalue weighted by atomic mass is 9.96. The Bertz CT molecular complexity index is 712. The van der Waals surface area contributed by atoms with Crippen LogP contribution in [0.3, 0.4) is 0 Å². The monoisotopic (exact) mass is 403 g/mol. The fraction of sp³-hybridized carbons (Fsp3) is 0.500. The SMILES string of the molecule is COc1cc(CNC2CCCCCCC2)ccc1OCc1ccccc1C.Cl. The van der Waals surface area contributed by atoms with Crippen molar-refractivity contribution in [2.24, 2.45) is 0 Å². The van der Waals surface area contributed by atoms with Crippen molar-refractivity contribution in [3.05, 3.63) is 59.2 Å². The first-order valence-electron chi connectivity index (χ1n) is 10.3. The Morgan fingerprint density at radius 3 is 2.36 bits per heavy atom. The molecule has 4 heteroatoms. The van der Waals surface area contributed by atoms with Crippen LogP contribution in [0.1, 0.15) is 61.6 Å². The van der Waals surface area contributed by atoms with Gasteiger partial charge in [-0.25, -0.2) is 0 Å². The molecule has 2 aromatic rings. The third-order valence-electron chi connectivity index (χ3n) is 5.57. The molecule has 2 aromatic carbocycles. The first-order valence-corrected chi connectivity index (χ1v) is 10.3. The van der Waals surface area contributed by atoms with Gasteiger partial charge in [0.15, 0.2) is 11.5 Å². The number of rotatable bonds is 7. The molecule has 1 aliphatic rings. The zero-order valence-corrected chi connectivity index (χ0v) is 18.0. The highest BCUT2D eigenvalue weighted by atomic mass is 35.5. The van der Waals surface area contributed by atoms with E-state index in [1.54, 1.807) is 7.11 Å². The molecule has 154 valence electrons. The quantitative estimate of drug-likeness (QED) is 0.596.